The maximum Gasteiger partial charge on any atom is 0.148 e. The molecule has 0 fully saturated rings. The summed E-state index contributed by atoms with van der Waals surface area (Å²) in [4.78, 5) is 13.6. The second-order valence-electron chi connectivity index (χ2n) is 6.38. The van der Waals surface area contributed by atoms with Gasteiger partial charge in [-0.05, 0) is 42.8 Å². The SMILES string of the molecule is C[C@@H]1NC(c2cc(C#N)ccn2)=N[C@]1(c1ccc(F)cc1)c1cccnc1. The molecule has 1 aliphatic heterocycles. The molecule has 2 aromatic heterocycles. The predicted molar refractivity (Wildman–Crippen MR) is 99.5 cm³/mol. The molecule has 0 spiro atoms. The van der Waals surface area contributed by atoms with Gasteiger partial charge in [0.15, 0.2) is 0 Å². The van der Waals surface area contributed by atoms with Crippen LogP contribution in [-0.4, -0.2) is 21.8 Å². The van der Waals surface area contributed by atoms with Crippen molar-refractivity contribution >= 4 is 5.84 Å². The zero-order valence-electron chi connectivity index (χ0n) is 14.6. The molecule has 4 rings (SSSR count). The van der Waals surface area contributed by atoms with Gasteiger partial charge in [-0.3, -0.25) is 9.97 Å². The molecule has 6 heteroatoms. The van der Waals surface area contributed by atoms with E-state index >= 15 is 0 Å². The number of aromatic nitrogens is 2. The maximum absolute atomic E-state index is 13.5. The summed E-state index contributed by atoms with van der Waals surface area (Å²) in [6.07, 6.45) is 5.06. The average Bonchev–Trinajstić information content (AvgIpc) is 3.07. The van der Waals surface area contributed by atoms with Crippen LogP contribution in [-0.2, 0) is 5.54 Å². The summed E-state index contributed by atoms with van der Waals surface area (Å²) >= 11 is 0. The molecule has 3 heterocycles. The number of nitrogens with one attached hydrogen (secondary N) is 1. The Balaban J connectivity index is 1.91. The van der Waals surface area contributed by atoms with Crippen LogP contribution in [0.2, 0.25) is 0 Å². The minimum Gasteiger partial charge on any atom is -0.363 e. The molecule has 0 saturated carbocycles. The molecule has 132 valence electrons. The van der Waals surface area contributed by atoms with Gasteiger partial charge in [0.25, 0.3) is 0 Å². The number of rotatable bonds is 3. The summed E-state index contributed by atoms with van der Waals surface area (Å²) in [5, 5.41) is 12.5. The van der Waals surface area contributed by atoms with Gasteiger partial charge in [0.05, 0.1) is 17.7 Å². The highest BCUT2D eigenvalue weighted by Gasteiger charge is 2.45. The van der Waals surface area contributed by atoms with Gasteiger partial charge in [-0.1, -0.05) is 18.2 Å². The van der Waals surface area contributed by atoms with Crippen LogP contribution in [0.1, 0.15) is 29.3 Å². The van der Waals surface area contributed by atoms with Gasteiger partial charge in [-0.25, -0.2) is 9.38 Å². The highest BCUT2D eigenvalue weighted by Crippen LogP contribution is 2.40. The van der Waals surface area contributed by atoms with Gasteiger partial charge in [0.1, 0.15) is 22.9 Å². The van der Waals surface area contributed by atoms with E-state index in [1.807, 2.05) is 19.1 Å². The Bertz CT molecular complexity index is 1040. The van der Waals surface area contributed by atoms with E-state index < -0.39 is 5.54 Å². The molecule has 2 atom stereocenters. The first-order valence-corrected chi connectivity index (χ1v) is 8.53. The first-order valence-electron chi connectivity index (χ1n) is 8.53. The fourth-order valence-corrected chi connectivity index (χ4v) is 3.46. The van der Waals surface area contributed by atoms with Crippen LogP contribution in [0.3, 0.4) is 0 Å². The molecule has 1 N–H and O–H groups in total. The van der Waals surface area contributed by atoms with Crippen molar-refractivity contribution < 1.29 is 4.39 Å². The third kappa shape index (κ3) is 2.83. The normalized spacial score (nSPS) is 21.2. The van der Waals surface area contributed by atoms with E-state index in [0.717, 1.165) is 11.1 Å². The van der Waals surface area contributed by atoms with Crippen LogP contribution in [0.15, 0.2) is 72.1 Å². The lowest BCUT2D eigenvalue weighted by molar-refractivity contribution is 0.452. The fourth-order valence-electron chi connectivity index (χ4n) is 3.46. The number of benzene rings is 1. The lowest BCUT2D eigenvalue weighted by Gasteiger charge is -2.31. The smallest absolute Gasteiger partial charge is 0.148 e. The minimum absolute atomic E-state index is 0.130. The summed E-state index contributed by atoms with van der Waals surface area (Å²) in [7, 11) is 0. The van der Waals surface area contributed by atoms with Gasteiger partial charge < -0.3 is 5.32 Å². The number of pyridine rings is 2. The van der Waals surface area contributed by atoms with E-state index in [0.29, 0.717) is 17.1 Å². The van der Waals surface area contributed by atoms with Crippen molar-refractivity contribution in [3.63, 3.8) is 0 Å². The van der Waals surface area contributed by atoms with E-state index in [2.05, 4.69) is 21.4 Å². The quantitative estimate of drug-likeness (QED) is 0.781. The summed E-state index contributed by atoms with van der Waals surface area (Å²) in [6.45, 7) is 2.01. The number of amidine groups is 1. The molecule has 5 nitrogen and oxygen atoms in total. The van der Waals surface area contributed by atoms with Gasteiger partial charge >= 0.3 is 0 Å². The number of hydrogen-bond donors (Lipinski definition) is 1. The molecule has 0 saturated heterocycles. The highest BCUT2D eigenvalue weighted by molar-refractivity contribution is 5.99. The van der Waals surface area contributed by atoms with Crippen LogP contribution in [0.25, 0.3) is 0 Å². The van der Waals surface area contributed by atoms with Crippen molar-refractivity contribution in [1.82, 2.24) is 15.3 Å². The van der Waals surface area contributed by atoms with Gasteiger partial charge in [-0.2, -0.15) is 5.26 Å². The van der Waals surface area contributed by atoms with Gasteiger partial charge in [0, 0.05) is 24.2 Å². The Morgan fingerprint density at radius 1 is 1.11 bits per heavy atom. The number of aliphatic imine (C=N–C) groups is 1. The number of nitrogens with zero attached hydrogens (tertiary/aromatic N) is 4. The van der Waals surface area contributed by atoms with E-state index in [-0.39, 0.29) is 11.9 Å². The first-order chi connectivity index (χ1) is 13.1. The van der Waals surface area contributed by atoms with Crippen LogP contribution in [0, 0.1) is 17.1 Å². The molecule has 0 unspecified atom stereocenters. The summed E-state index contributed by atoms with van der Waals surface area (Å²) in [5.74, 6) is 0.291. The predicted octanol–water partition coefficient (Wildman–Crippen LogP) is 3.17. The number of hydrogen-bond acceptors (Lipinski definition) is 5. The van der Waals surface area contributed by atoms with Crippen molar-refractivity contribution in [3.05, 3.63) is 95.3 Å². The third-order valence-corrected chi connectivity index (χ3v) is 4.79. The lowest BCUT2D eigenvalue weighted by Crippen LogP contribution is -2.41. The number of nitriles is 1. The second-order valence-corrected chi connectivity index (χ2v) is 6.38. The zero-order valence-corrected chi connectivity index (χ0v) is 14.6. The van der Waals surface area contributed by atoms with Gasteiger partial charge in [-0.15, -0.1) is 0 Å². The Morgan fingerprint density at radius 3 is 2.63 bits per heavy atom. The van der Waals surface area contributed by atoms with Crippen LogP contribution < -0.4 is 5.32 Å². The zero-order chi connectivity index (χ0) is 18.9. The molecule has 1 aromatic carbocycles. The fraction of sp³-hybridized carbons (Fsp3) is 0.143. The molecular weight excluding hydrogens is 341 g/mol. The Morgan fingerprint density at radius 2 is 1.93 bits per heavy atom. The Hall–Kier alpha value is -3.59. The van der Waals surface area contributed by atoms with Crippen molar-refractivity contribution in [1.29, 1.82) is 5.26 Å². The van der Waals surface area contributed by atoms with Crippen molar-refractivity contribution in [2.75, 3.05) is 0 Å². The van der Waals surface area contributed by atoms with Crippen molar-refractivity contribution in [2.24, 2.45) is 4.99 Å². The first kappa shape index (κ1) is 16.9. The second kappa shape index (κ2) is 6.61. The Kier molecular flexibility index (Phi) is 4.13. The lowest BCUT2D eigenvalue weighted by atomic mass is 9.79. The Labute approximate surface area is 156 Å². The molecule has 27 heavy (non-hydrogen) atoms. The third-order valence-electron chi connectivity index (χ3n) is 4.79. The number of halogens is 1. The van der Waals surface area contributed by atoms with E-state index in [1.54, 1.807) is 42.9 Å². The topological polar surface area (TPSA) is 74.0 Å². The maximum atomic E-state index is 13.5. The molecular formula is C21H16FN5. The molecule has 0 bridgehead atoms. The van der Waals surface area contributed by atoms with Crippen LogP contribution >= 0.6 is 0 Å². The van der Waals surface area contributed by atoms with Crippen molar-refractivity contribution in [2.45, 2.75) is 18.5 Å². The minimum atomic E-state index is -0.776. The summed E-state index contributed by atoms with van der Waals surface area (Å²) < 4.78 is 13.5. The van der Waals surface area contributed by atoms with E-state index in [1.165, 1.54) is 12.1 Å². The largest absolute Gasteiger partial charge is 0.363 e. The van der Waals surface area contributed by atoms with E-state index in [4.69, 9.17) is 10.3 Å². The summed E-state index contributed by atoms with van der Waals surface area (Å²) in [5.41, 5.74) is 2.07. The van der Waals surface area contributed by atoms with Crippen LogP contribution in [0.4, 0.5) is 4.39 Å². The molecule has 1 aliphatic rings. The molecule has 3 aromatic rings. The molecule has 0 radical (unpaired) electrons. The average molecular weight is 357 g/mol. The highest BCUT2D eigenvalue weighted by atomic mass is 19.1. The molecule has 0 amide bonds. The van der Waals surface area contributed by atoms with Crippen LogP contribution in [0.5, 0.6) is 0 Å². The van der Waals surface area contributed by atoms with Gasteiger partial charge in [0.2, 0.25) is 0 Å². The van der Waals surface area contributed by atoms with Crippen molar-refractivity contribution in [3.8, 4) is 6.07 Å². The standard InChI is InChI=1S/C21H16FN5/c1-14-21(17-3-2-9-24-13-17,16-4-6-18(22)7-5-16)27-20(26-14)19-11-15(12-23)8-10-25-19/h2-11,13-14H,1H3,(H,26,27)/t14-,21+/m0/s1. The molecule has 0 aliphatic carbocycles. The van der Waals surface area contributed by atoms with E-state index in [9.17, 15) is 4.39 Å². The monoisotopic (exact) mass is 357 g/mol. The summed E-state index contributed by atoms with van der Waals surface area (Å²) in [6, 6.07) is 15.5.